The van der Waals surface area contributed by atoms with Crippen LogP contribution in [-0.2, 0) is 22.9 Å². The Morgan fingerprint density at radius 1 is 1.25 bits per heavy atom. The Bertz CT molecular complexity index is 660. The van der Waals surface area contributed by atoms with Crippen LogP contribution < -0.4 is 4.72 Å². The predicted molar refractivity (Wildman–Crippen MR) is 76.0 cm³/mol. The molecule has 0 aliphatic heterocycles. The maximum absolute atomic E-state index is 12.1. The van der Waals surface area contributed by atoms with Crippen LogP contribution in [0.3, 0.4) is 0 Å². The highest BCUT2D eigenvalue weighted by Gasteiger charge is 2.13. The lowest BCUT2D eigenvalue weighted by Gasteiger charge is -2.06. The van der Waals surface area contributed by atoms with Gasteiger partial charge in [-0.15, -0.1) is 0 Å². The van der Waals surface area contributed by atoms with Gasteiger partial charge >= 0.3 is 0 Å². The average molecular weight is 294 g/mol. The Morgan fingerprint density at radius 3 is 2.50 bits per heavy atom. The van der Waals surface area contributed by atoms with Gasteiger partial charge in [0.15, 0.2) is 5.89 Å². The van der Waals surface area contributed by atoms with Crippen LogP contribution in [0.2, 0.25) is 0 Å². The summed E-state index contributed by atoms with van der Waals surface area (Å²) in [5.74, 6) is 1.25. The van der Waals surface area contributed by atoms with Crippen molar-refractivity contribution in [3.63, 3.8) is 0 Å². The van der Waals surface area contributed by atoms with Crippen molar-refractivity contribution in [3.05, 3.63) is 47.7 Å². The van der Waals surface area contributed by atoms with Crippen LogP contribution >= 0.6 is 0 Å². The molecule has 0 radical (unpaired) electrons. The van der Waals surface area contributed by atoms with Gasteiger partial charge in [0, 0.05) is 13.0 Å². The number of rotatable bonds is 6. The van der Waals surface area contributed by atoms with Gasteiger partial charge in [0.2, 0.25) is 10.0 Å². The van der Waals surface area contributed by atoms with Gasteiger partial charge in [-0.05, 0) is 31.0 Å². The molecule has 0 spiro atoms. The molecule has 6 heteroatoms. The molecule has 0 fully saturated rings. The normalized spacial score (nSPS) is 11.7. The summed E-state index contributed by atoms with van der Waals surface area (Å²) < 4.78 is 32.0. The van der Waals surface area contributed by atoms with E-state index in [2.05, 4.69) is 9.71 Å². The summed E-state index contributed by atoms with van der Waals surface area (Å²) in [6, 6.07) is 6.89. The Balaban J connectivity index is 1.96. The maximum atomic E-state index is 12.1. The highest BCUT2D eigenvalue weighted by atomic mass is 32.2. The van der Waals surface area contributed by atoms with Crippen molar-refractivity contribution in [2.75, 3.05) is 6.54 Å². The number of hydrogen-bond acceptors (Lipinski definition) is 4. The minimum absolute atomic E-state index is 0.262. The topological polar surface area (TPSA) is 72.2 Å². The van der Waals surface area contributed by atoms with Crippen LogP contribution in [0.15, 0.2) is 39.8 Å². The quantitative estimate of drug-likeness (QED) is 0.885. The van der Waals surface area contributed by atoms with Crippen molar-refractivity contribution in [2.24, 2.45) is 0 Å². The van der Waals surface area contributed by atoms with Gasteiger partial charge in [-0.1, -0.05) is 19.1 Å². The van der Waals surface area contributed by atoms with Crippen molar-refractivity contribution in [1.82, 2.24) is 9.71 Å². The van der Waals surface area contributed by atoms with Crippen molar-refractivity contribution >= 4 is 10.0 Å². The molecule has 1 N–H and O–H groups in total. The lowest BCUT2D eigenvalue weighted by atomic mass is 10.2. The van der Waals surface area contributed by atoms with Crippen molar-refractivity contribution in [1.29, 1.82) is 0 Å². The summed E-state index contributed by atoms with van der Waals surface area (Å²) in [7, 11) is -3.47. The largest absolute Gasteiger partial charge is 0.446 e. The summed E-state index contributed by atoms with van der Waals surface area (Å²) in [6.07, 6.45) is 2.94. The maximum Gasteiger partial charge on any atom is 0.240 e. The standard InChI is InChI=1S/C14H18N2O3S/c1-3-12-4-6-13(7-5-12)20(17,18)16-9-8-14-15-10-11(2)19-14/h4-7,10,16H,3,8-9H2,1-2H3. The second-order valence-corrected chi connectivity index (χ2v) is 6.28. The first-order valence-corrected chi connectivity index (χ1v) is 7.99. The van der Waals surface area contributed by atoms with Crippen molar-refractivity contribution in [2.45, 2.75) is 31.6 Å². The van der Waals surface area contributed by atoms with Crippen LogP contribution in [-0.4, -0.2) is 19.9 Å². The third-order valence-corrected chi connectivity index (χ3v) is 4.42. The smallest absolute Gasteiger partial charge is 0.240 e. The van der Waals surface area contributed by atoms with Crippen LogP contribution in [0, 0.1) is 6.92 Å². The van der Waals surface area contributed by atoms with Crippen molar-refractivity contribution < 1.29 is 12.8 Å². The molecule has 1 aromatic heterocycles. The van der Waals surface area contributed by atoms with E-state index in [9.17, 15) is 8.42 Å². The van der Waals surface area contributed by atoms with E-state index in [4.69, 9.17) is 4.42 Å². The van der Waals surface area contributed by atoms with Gasteiger partial charge in [0.25, 0.3) is 0 Å². The SMILES string of the molecule is CCc1ccc(S(=O)(=O)NCCc2ncc(C)o2)cc1. The summed E-state index contributed by atoms with van der Waals surface area (Å²) in [5, 5.41) is 0. The number of hydrogen-bond donors (Lipinski definition) is 1. The van der Waals surface area contributed by atoms with E-state index in [1.807, 2.05) is 19.1 Å². The van der Waals surface area contributed by atoms with Crippen LogP contribution in [0.25, 0.3) is 0 Å². The molecular weight excluding hydrogens is 276 g/mol. The van der Waals surface area contributed by atoms with E-state index in [1.165, 1.54) is 0 Å². The molecule has 5 nitrogen and oxygen atoms in total. The monoisotopic (exact) mass is 294 g/mol. The Kier molecular flexibility index (Phi) is 4.57. The Hall–Kier alpha value is -1.66. The number of nitrogens with zero attached hydrogens (tertiary/aromatic N) is 1. The molecule has 2 aromatic rings. The summed E-state index contributed by atoms with van der Waals surface area (Å²) in [4.78, 5) is 4.31. The predicted octanol–water partition coefficient (Wildman–Crippen LogP) is 2.07. The minimum Gasteiger partial charge on any atom is -0.446 e. The van der Waals surface area contributed by atoms with E-state index in [0.717, 1.165) is 17.7 Å². The molecule has 0 unspecified atom stereocenters. The van der Waals surface area contributed by atoms with E-state index in [0.29, 0.717) is 12.3 Å². The summed E-state index contributed by atoms with van der Waals surface area (Å²) in [5.41, 5.74) is 1.11. The van der Waals surface area contributed by atoms with Gasteiger partial charge in [-0.3, -0.25) is 0 Å². The second kappa shape index (κ2) is 6.19. The number of nitrogens with one attached hydrogen (secondary N) is 1. The van der Waals surface area contributed by atoms with Crippen LogP contribution in [0.1, 0.15) is 24.1 Å². The molecule has 0 aliphatic rings. The Labute approximate surface area is 119 Å². The van der Waals surface area contributed by atoms with Gasteiger partial charge in [-0.25, -0.2) is 18.1 Å². The molecule has 108 valence electrons. The van der Waals surface area contributed by atoms with E-state index >= 15 is 0 Å². The third kappa shape index (κ3) is 3.68. The molecule has 0 bridgehead atoms. The lowest BCUT2D eigenvalue weighted by molar-refractivity contribution is 0.469. The minimum atomic E-state index is -3.47. The fraction of sp³-hybridized carbons (Fsp3) is 0.357. The van der Waals surface area contributed by atoms with Gasteiger partial charge in [0.1, 0.15) is 5.76 Å². The zero-order chi connectivity index (χ0) is 14.6. The molecule has 0 aliphatic carbocycles. The number of aromatic nitrogens is 1. The molecule has 0 saturated heterocycles. The fourth-order valence-electron chi connectivity index (χ4n) is 1.80. The molecule has 2 rings (SSSR count). The average Bonchev–Trinajstić information content (AvgIpc) is 2.84. The zero-order valence-corrected chi connectivity index (χ0v) is 12.4. The van der Waals surface area contributed by atoms with E-state index in [1.54, 1.807) is 25.3 Å². The number of oxazole rings is 1. The van der Waals surface area contributed by atoms with Crippen LogP contribution in [0.5, 0.6) is 0 Å². The zero-order valence-electron chi connectivity index (χ0n) is 11.6. The molecule has 0 amide bonds. The van der Waals surface area contributed by atoms with E-state index in [-0.39, 0.29) is 11.4 Å². The number of benzene rings is 1. The molecule has 1 aromatic carbocycles. The highest BCUT2D eigenvalue weighted by molar-refractivity contribution is 7.89. The van der Waals surface area contributed by atoms with Gasteiger partial charge < -0.3 is 4.42 Å². The molecule has 0 atom stereocenters. The first kappa shape index (κ1) is 14.7. The fourth-order valence-corrected chi connectivity index (χ4v) is 2.83. The first-order valence-electron chi connectivity index (χ1n) is 6.51. The van der Waals surface area contributed by atoms with Crippen LogP contribution in [0.4, 0.5) is 0 Å². The molecule has 20 heavy (non-hydrogen) atoms. The number of sulfonamides is 1. The summed E-state index contributed by atoms with van der Waals surface area (Å²) >= 11 is 0. The first-order chi connectivity index (χ1) is 9.51. The summed E-state index contributed by atoms with van der Waals surface area (Å²) in [6.45, 7) is 4.09. The lowest BCUT2D eigenvalue weighted by Crippen LogP contribution is -2.26. The van der Waals surface area contributed by atoms with E-state index < -0.39 is 10.0 Å². The molecule has 1 heterocycles. The second-order valence-electron chi connectivity index (χ2n) is 4.51. The number of aryl methyl sites for hydroxylation is 2. The van der Waals surface area contributed by atoms with Crippen molar-refractivity contribution in [3.8, 4) is 0 Å². The molecular formula is C14H18N2O3S. The Morgan fingerprint density at radius 2 is 1.95 bits per heavy atom. The third-order valence-electron chi connectivity index (χ3n) is 2.94. The molecule has 0 saturated carbocycles. The van der Waals surface area contributed by atoms with Gasteiger partial charge in [0.05, 0.1) is 11.1 Å². The highest BCUT2D eigenvalue weighted by Crippen LogP contribution is 2.11. The van der Waals surface area contributed by atoms with Gasteiger partial charge in [-0.2, -0.15) is 0 Å².